The molecule has 1 aromatic heterocycles. The number of thioether (sulfide) groups is 1. The third kappa shape index (κ3) is 4.54. The van der Waals surface area contributed by atoms with Crippen molar-refractivity contribution in [3.05, 3.63) is 30.3 Å². The molecule has 1 amide bonds. The Kier molecular flexibility index (Phi) is 6.58. The molecule has 3 rings (SSSR count). The van der Waals surface area contributed by atoms with Crippen LogP contribution in [0.1, 0.15) is 47.0 Å². The smallest absolute Gasteiger partial charge is 0.233 e. The fraction of sp³-hybridized carbons (Fsp3) is 0.571. The maximum Gasteiger partial charge on any atom is 0.233 e. The average molecular weight is 387 g/mol. The van der Waals surface area contributed by atoms with Gasteiger partial charge >= 0.3 is 0 Å². The fourth-order valence-electron chi connectivity index (χ4n) is 3.76. The zero-order valence-corrected chi connectivity index (χ0v) is 17.5. The summed E-state index contributed by atoms with van der Waals surface area (Å²) in [6.07, 6.45) is 3.54. The van der Waals surface area contributed by atoms with Crippen molar-refractivity contribution >= 4 is 17.7 Å². The van der Waals surface area contributed by atoms with E-state index in [4.69, 9.17) is 0 Å². The second-order valence-corrected chi connectivity index (χ2v) is 8.87. The van der Waals surface area contributed by atoms with Gasteiger partial charge < -0.3 is 9.88 Å². The summed E-state index contributed by atoms with van der Waals surface area (Å²) in [4.78, 5) is 12.8. The van der Waals surface area contributed by atoms with Gasteiger partial charge in [-0.25, -0.2) is 0 Å². The lowest BCUT2D eigenvalue weighted by atomic mass is 9.78. The van der Waals surface area contributed by atoms with Gasteiger partial charge in [-0.3, -0.25) is 4.79 Å². The molecule has 1 N–H and O–H groups in total. The first-order valence-corrected chi connectivity index (χ1v) is 10.8. The molecular weight excluding hydrogens is 356 g/mol. The van der Waals surface area contributed by atoms with Crippen molar-refractivity contribution < 1.29 is 4.79 Å². The largest absolute Gasteiger partial charge is 0.352 e. The minimum Gasteiger partial charge on any atom is -0.352 e. The van der Waals surface area contributed by atoms with E-state index < -0.39 is 0 Å². The number of hydrogen-bond acceptors (Lipinski definition) is 4. The highest BCUT2D eigenvalue weighted by atomic mass is 32.2. The molecule has 1 aromatic carbocycles. The Hall–Kier alpha value is -1.82. The third-order valence-electron chi connectivity index (χ3n) is 5.75. The van der Waals surface area contributed by atoms with Crippen molar-refractivity contribution in [3.8, 4) is 11.4 Å². The molecule has 1 heterocycles. The summed E-state index contributed by atoms with van der Waals surface area (Å²) in [6.45, 7) is 9.34. The van der Waals surface area contributed by atoms with E-state index in [1.807, 2.05) is 37.3 Å². The molecule has 1 fully saturated rings. The number of nitrogens with one attached hydrogen (secondary N) is 1. The molecule has 1 saturated carbocycles. The lowest BCUT2D eigenvalue weighted by Gasteiger charge is -2.35. The maximum absolute atomic E-state index is 12.8. The number of nitrogens with zero attached hydrogens (tertiary/aromatic N) is 3. The van der Waals surface area contributed by atoms with Crippen LogP contribution in [0.25, 0.3) is 11.4 Å². The molecule has 4 atom stereocenters. The molecule has 0 radical (unpaired) electrons. The first-order chi connectivity index (χ1) is 13.0. The highest BCUT2D eigenvalue weighted by Crippen LogP contribution is 2.31. The van der Waals surface area contributed by atoms with Crippen LogP contribution < -0.4 is 5.32 Å². The monoisotopic (exact) mass is 386 g/mol. The topological polar surface area (TPSA) is 59.8 Å². The van der Waals surface area contributed by atoms with Crippen molar-refractivity contribution in [1.29, 1.82) is 0 Å². The van der Waals surface area contributed by atoms with Gasteiger partial charge in [0.1, 0.15) is 0 Å². The Balaban J connectivity index is 1.68. The Morgan fingerprint density at radius 1 is 1.26 bits per heavy atom. The summed E-state index contributed by atoms with van der Waals surface area (Å²) >= 11 is 1.49. The fourth-order valence-corrected chi connectivity index (χ4v) is 4.68. The van der Waals surface area contributed by atoms with Gasteiger partial charge in [-0.15, -0.1) is 10.2 Å². The number of carbonyl (C=O) groups is 1. The Morgan fingerprint density at radius 3 is 2.70 bits per heavy atom. The summed E-state index contributed by atoms with van der Waals surface area (Å²) in [7, 11) is 0. The van der Waals surface area contributed by atoms with Crippen molar-refractivity contribution in [2.24, 2.45) is 11.8 Å². The zero-order chi connectivity index (χ0) is 19.4. The van der Waals surface area contributed by atoms with Crippen LogP contribution >= 0.6 is 11.8 Å². The van der Waals surface area contributed by atoms with E-state index in [-0.39, 0.29) is 17.2 Å². The zero-order valence-electron chi connectivity index (χ0n) is 16.7. The normalized spacial score (nSPS) is 23.8. The molecule has 27 heavy (non-hydrogen) atoms. The van der Waals surface area contributed by atoms with Crippen LogP contribution in [-0.4, -0.2) is 32.0 Å². The standard InChI is InChI=1S/C21H30N4OS/c1-5-25-19(17-11-7-6-8-12-17)23-24-21(25)27-16(4)20(26)22-18-13-9-10-14(2)15(18)3/h6-8,11-12,14-16,18H,5,9-10,13H2,1-4H3,(H,22,26)/t14-,15-,16-,18+/m0/s1. The molecule has 0 spiro atoms. The van der Waals surface area contributed by atoms with Crippen LogP contribution in [0.5, 0.6) is 0 Å². The van der Waals surface area contributed by atoms with Crippen molar-refractivity contribution in [3.63, 3.8) is 0 Å². The number of hydrogen-bond donors (Lipinski definition) is 1. The van der Waals surface area contributed by atoms with E-state index in [1.165, 1.54) is 24.6 Å². The Labute approximate surface area is 166 Å². The quantitative estimate of drug-likeness (QED) is 0.748. The maximum atomic E-state index is 12.8. The summed E-state index contributed by atoms with van der Waals surface area (Å²) in [6, 6.07) is 10.3. The van der Waals surface area contributed by atoms with E-state index in [0.717, 1.165) is 29.5 Å². The second-order valence-electron chi connectivity index (χ2n) is 7.56. The van der Waals surface area contributed by atoms with E-state index in [0.29, 0.717) is 11.8 Å². The summed E-state index contributed by atoms with van der Waals surface area (Å²) < 4.78 is 2.08. The Bertz CT molecular complexity index is 761. The molecule has 1 aliphatic carbocycles. The SMILES string of the molecule is CCn1c(S[C@@H](C)C(=O)N[C@@H]2CCC[C@H](C)[C@@H]2C)nnc1-c1ccccc1. The van der Waals surface area contributed by atoms with E-state index in [9.17, 15) is 4.79 Å². The minimum absolute atomic E-state index is 0.0952. The average Bonchev–Trinajstić information content (AvgIpc) is 3.08. The molecule has 0 saturated heterocycles. The van der Waals surface area contributed by atoms with Crippen molar-refractivity contribution in [1.82, 2.24) is 20.1 Å². The van der Waals surface area contributed by atoms with Gasteiger partial charge in [-0.1, -0.05) is 68.8 Å². The van der Waals surface area contributed by atoms with Crippen LogP contribution in [0.4, 0.5) is 0 Å². The lowest BCUT2D eigenvalue weighted by Crippen LogP contribution is -2.46. The molecule has 0 aliphatic heterocycles. The molecular formula is C21H30N4OS. The molecule has 6 heteroatoms. The number of amides is 1. The van der Waals surface area contributed by atoms with Gasteiger partial charge in [0.25, 0.3) is 0 Å². The number of carbonyl (C=O) groups excluding carboxylic acids is 1. The van der Waals surface area contributed by atoms with Crippen molar-refractivity contribution in [2.45, 2.75) is 70.0 Å². The van der Waals surface area contributed by atoms with Crippen LogP contribution in [0.2, 0.25) is 0 Å². The van der Waals surface area contributed by atoms with Crippen LogP contribution in [-0.2, 0) is 11.3 Å². The van der Waals surface area contributed by atoms with Gasteiger partial charge in [0.15, 0.2) is 11.0 Å². The van der Waals surface area contributed by atoms with Crippen LogP contribution in [0, 0.1) is 11.8 Å². The van der Waals surface area contributed by atoms with Crippen LogP contribution in [0.15, 0.2) is 35.5 Å². The van der Waals surface area contributed by atoms with Gasteiger partial charge in [0, 0.05) is 18.2 Å². The molecule has 0 bridgehead atoms. The predicted octanol–water partition coefficient (Wildman–Crippen LogP) is 4.39. The summed E-state index contributed by atoms with van der Waals surface area (Å²) in [5.41, 5.74) is 1.04. The first-order valence-electron chi connectivity index (χ1n) is 9.96. The molecule has 5 nitrogen and oxygen atoms in total. The van der Waals surface area contributed by atoms with Gasteiger partial charge in [0.05, 0.1) is 5.25 Å². The van der Waals surface area contributed by atoms with Gasteiger partial charge in [0.2, 0.25) is 5.91 Å². The third-order valence-corrected chi connectivity index (χ3v) is 6.83. The first kappa shape index (κ1) is 19.9. The van der Waals surface area contributed by atoms with E-state index in [1.54, 1.807) is 0 Å². The van der Waals surface area contributed by atoms with Crippen molar-refractivity contribution in [2.75, 3.05) is 0 Å². The minimum atomic E-state index is -0.201. The van der Waals surface area contributed by atoms with Crippen LogP contribution in [0.3, 0.4) is 0 Å². The van der Waals surface area contributed by atoms with E-state index >= 15 is 0 Å². The highest BCUT2D eigenvalue weighted by Gasteiger charge is 2.30. The molecule has 146 valence electrons. The lowest BCUT2D eigenvalue weighted by molar-refractivity contribution is -0.121. The summed E-state index contributed by atoms with van der Waals surface area (Å²) in [5.74, 6) is 2.15. The number of aromatic nitrogens is 3. The highest BCUT2D eigenvalue weighted by molar-refractivity contribution is 8.00. The molecule has 1 aliphatic rings. The second kappa shape index (κ2) is 8.91. The predicted molar refractivity (Wildman–Crippen MR) is 111 cm³/mol. The Morgan fingerprint density at radius 2 is 2.00 bits per heavy atom. The number of benzene rings is 1. The number of rotatable bonds is 6. The molecule has 2 aromatic rings. The van der Waals surface area contributed by atoms with E-state index in [2.05, 4.69) is 40.9 Å². The molecule has 0 unspecified atom stereocenters. The van der Waals surface area contributed by atoms with Gasteiger partial charge in [-0.05, 0) is 32.1 Å². The van der Waals surface area contributed by atoms with Gasteiger partial charge in [-0.2, -0.15) is 0 Å². The summed E-state index contributed by atoms with van der Waals surface area (Å²) in [5, 5.41) is 12.6.